The van der Waals surface area contributed by atoms with Gasteiger partial charge in [0.05, 0.1) is 11.6 Å². The van der Waals surface area contributed by atoms with Crippen molar-refractivity contribution < 1.29 is 9.47 Å². The SMILES string of the molecule is COc1cc(CNCCCSc2nnnn2C)cc(Br)c1OCc1ccc(C)cc1.Cl. The Labute approximate surface area is 201 Å². The molecule has 31 heavy (non-hydrogen) atoms. The van der Waals surface area contributed by atoms with Crippen LogP contribution >= 0.6 is 40.1 Å². The molecule has 0 saturated heterocycles. The van der Waals surface area contributed by atoms with Crippen LogP contribution in [0.25, 0.3) is 0 Å². The Kier molecular flexibility index (Phi) is 10.6. The van der Waals surface area contributed by atoms with E-state index in [0.29, 0.717) is 6.61 Å². The molecule has 0 amide bonds. The van der Waals surface area contributed by atoms with Crippen molar-refractivity contribution in [3.8, 4) is 11.5 Å². The molecule has 0 aliphatic carbocycles. The number of nitrogens with zero attached hydrogens (tertiary/aromatic N) is 4. The standard InChI is InChI=1S/C21H26BrN5O2S.ClH/c1-15-5-7-16(8-6-15)14-29-20-18(22)11-17(12-19(20)28-3)13-23-9-4-10-30-21-24-25-26-27(21)2;/h5-8,11-12,23H,4,9-10,13-14H2,1-3H3;1H. The molecule has 0 saturated carbocycles. The number of hydrogen-bond donors (Lipinski definition) is 1. The van der Waals surface area contributed by atoms with Crippen molar-refractivity contribution in [2.75, 3.05) is 19.4 Å². The van der Waals surface area contributed by atoms with E-state index in [2.05, 4.69) is 74.0 Å². The Bertz CT molecular complexity index is 955. The molecule has 3 rings (SSSR count). The summed E-state index contributed by atoms with van der Waals surface area (Å²) >= 11 is 5.29. The van der Waals surface area contributed by atoms with Gasteiger partial charge in [0.25, 0.3) is 0 Å². The van der Waals surface area contributed by atoms with Crippen molar-refractivity contribution in [3.63, 3.8) is 0 Å². The molecule has 0 unspecified atom stereocenters. The number of nitrogens with one attached hydrogen (secondary N) is 1. The predicted octanol–water partition coefficient (Wildman–Crippen LogP) is 4.56. The summed E-state index contributed by atoms with van der Waals surface area (Å²) in [5.74, 6) is 2.40. The fourth-order valence-electron chi connectivity index (χ4n) is 2.79. The van der Waals surface area contributed by atoms with Gasteiger partial charge in [-0.15, -0.1) is 17.5 Å². The molecule has 168 valence electrons. The Morgan fingerprint density at radius 3 is 2.61 bits per heavy atom. The highest BCUT2D eigenvalue weighted by Crippen LogP contribution is 2.37. The van der Waals surface area contributed by atoms with E-state index in [1.165, 1.54) is 5.56 Å². The van der Waals surface area contributed by atoms with Crippen LogP contribution in [-0.4, -0.2) is 39.6 Å². The molecule has 0 aliphatic rings. The Balaban J connectivity index is 0.00000341. The maximum absolute atomic E-state index is 6.03. The van der Waals surface area contributed by atoms with Gasteiger partial charge in [0.15, 0.2) is 11.5 Å². The molecule has 1 N–H and O–H groups in total. The maximum Gasteiger partial charge on any atom is 0.209 e. The molecule has 7 nitrogen and oxygen atoms in total. The van der Waals surface area contributed by atoms with Crippen molar-refractivity contribution in [3.05, 3.63) is 57.6 Å². The third-order valence-electron chi connectivity index (χ3n) is 4.43. The number of rotatable bonds is 11. The average molecular weight is 529 g/mol. The van der Waals surface area contributed by atoms with Crippen molar-refractivity contribution in [1.82, 2.24) is 25.5 Å². The molecule has 0 aliphatic heterocycles. The number of thioether (sulfide) groups is 1. The smallest absolute Gasteiger partial charge is 0.209 e. The summed E-state index contributed by atoms with van der Waals surface area (Å²) in [7, 11) is 3.51. The zero-order chi connectivity index (χ0) is 21.3. The fourth-order valence-corrected chi connectivity index (χ4v) is 4.18. The van der Waals surface area contributed by atoms with Gasteiger partial charge in [-0.2, -0.15) is 0 Å². The molecule has 1 heterocycles. The Hall–Kier alpha value is -1.81. The third kappa shape index (κ3) is 7.68. The van der Waals surface area contributed by atoms with Crippen LogP contribution in [0.2, 0.25) is 0 Å². The zero-order valence-corrected chi connectivity index (χ0v) is 21.0. The summed E-state index contributed by atoms with van der Waals surface area (Å²) in [6.45, 7) is 4.23. The number of benzene rings is 2. The molecule has 2 aromatic carbocycles. The maximum atomic E-state index is 6.03. The first-order valence-electron chi connectivity index (χ1n) is 9.67. The lowest BCUT2D eigenvalue weighted by atomic mass is 10.1. The quantitative estimate of drug-likeness (QED) is 0.289. The number of methoxy groups -OCH3 is 1. The molecule has 0 atom stereocenters. The van der Waals surface area contributed by atoms with Gasteiger partial charge in [-0.1, -0.05) is 41.6 Å². The Morgan fingerprint density at radius 1 is 1.16 bits per heavy atom. The molecule has 0 radical (unpaired) electrons. The van der Waals surface area contributed by atoms with Crippen LogP contribution < -0.4 is 14.8 Å². The second-order valence-corrected chi connectivity index (χ2v) is 8.76. The minimum absolute atomic E-state index is 0. The summed E-state index contributed by atoms with van der Waals surface area (Å²) in [5.41, 5.74) is 3.49. The van der Waals surface area contributed by atoms with Gasteiger partial charge >= 0.3 is 0 Å². The van der Waals surface area contributed by atoms with E-state index in [-0.39, 0.29) is 12.4 Å². The monoisotopic (exact) mass is 527 g/mol. The van der Waals surface area contributed by atoms with Crippen LogP contribution in [0.15, 0.2) is 46.0 Å². The predicted molar refractivity (Wildman–Crippen MR) is 129 cm³/mol. The highest BCUT2D eigenvalue weighted by molar-refractivity contribution is 9.10. The van der Waals surface area contributed by atoms with Gasteiger partial charge in [-0.05, 0) is 69.5 Å². The van der Waals surface area contributed by atoms with E-state index < -0.39 is 0 Å². The van der Waals surface area contributed by atoms with E-state index >= 15 is 0 Å². The lowest BCUT2D eigenvalue weighted by molar-refractivity contribution is 0.282. The van der Waals surface area contributed by atoms with Gasteiger partial charge in [-0.25, -0.2) is 4.68 Å². The van der Waals surface area contributed by atoms with Crippen molar-refractivity contribution in [2.24, 2.45) is 7.05 Å². The van der Waals surface area contributed by atoms with E-state index in [9.17, 15) is 0 Å². The topological polar surface area (TPSA) is 74.1 Å². The lowest BCUT2D eigenvalue weighted by Gasteiger charge is -2.15. The van der Waals surface area contributed by atoms with Crippen molar-refractivity contribution in [1.29, 1.82) is 0 Å². The minimum atomic E-state index is 0. The summed E-state index contributed by atoms with van der Waals surface area (Å²) in [6.07, 6.45) is 1.02. The summed E-state index contributed by atoms with van der Waals surface area (Å²) < 4.78 is 14.2. The van der Waals surface area contributed by atoms with Gasteiger partial charge < -0.3 is 14.8 Å². The second-order valence-electron chi connectivity index (χ2n) is 6.85. The van der Waals surface area contributed by atoms with Gasteiger partial charge in [0.2, 0.25) is 5.16 Å². The first kappa shape index (κ1) is 25.5. The number of halogens is 2. The fraction of sp³-hybridized carbons (Fsp3) is 0.381. The number of tetrazole rings is 1. The number of ether oxygens (including phenoxy) is 2. The van der Waals surface area contributed by atoms with Crippen LogP contribution in [-0.2, 0) is 20.2 Å². The molecule has 0 fully saturated rings. The molecule has 10 heteroatoms. The van der Waals surface area contributed by atoms with Crippen LogP contribution in [0.5, 0.6) is 11.5 Å². The largest absolute Gasteiger partial charge is 0.493 e. The summed E-state index contributed by atoms with van der Waals surface area (Å²) in [6, 6.07) is 12.4. The normalized spacial score (nSPS) is 10.6. The highest BCUT2D eigenvalue weighted by Gasteiger charge is 2.12. The highest BCUT2D eigenvalue weighted by atomic mass is 79.9. The van der Waals surface area contributed by atoms with Crippen LogP contribution in [0.1, 0.15) is 23.1 Å². The third-order valence-corrected chi connectivity index (χ3v) is 6.12. The van der Waals surface area contributed by atoms with Crippen LogP contribution in [0.3, 0.4) is 0 Å². The molecule has 0 bridgehead atoms. The Morgan fingerprint density at radius 2 is 1.94 bits per heavy atom. The van der Waals surface area contributed by atoms with E-state index in [0.717, 1.165) is 57.5 Å². The van der Waals surface area contributed by atoms with Crippen LogP contribution in [0, 0.1) is 6.92 Å². The van der Waals surface area contributed by atoms with Crippen molar-refractivity contribution >= 4 is 40.1 Å². The molecular formula is C21H27BrClN5O2S. The first-order valence-corrected chi connectivity index (χ1v) is 11.5. The molecular weight excluding hydrogens is 502 g/mol. The van der Waals surface area contributed by atoms with Gasteiger partial charge in [-0.3, -0.25) is 0 Å². The van der Waals surface area contributed by atoms with Crippen molar-refractivity contribution in [2.45, 2.75) is 31.7 Å². The first-order chi connectivity index (χ1) is 14.6. The number of aromatic nitrogens is 4. The zero-order valence-electron chi connectivity index (χ0n) is 17.8. The average Bonchev–Trinajstić information content (AvgIpc) is 3.15. The molecule has 0 spiro atoms. The minimum Gasteiger partial charge on any atom is -0.493 e. The summed E-state index contributed by atoms with van der Waals surface area (Å²) in [4.78, 5) is 0. The molecule has 1 aromatic heterocycles. The van der Waals surface area contributed by atoms with Gasteiger partial charge in [0.1, 0.15) is 6.61 Å². The van der Waals surface area contributed by atoms with E-state index in [1.54, 1.807) is 23.6 Å². The van der Waals surface area contributed by atoms with E-state index in [4.69, 9.17) is 9.47 Å². The van der Waals surface area contributed by atoms with Crippen LogP contribution in [0.4, 0.5) is 0 Å². The lowest BCUT2D eigenvalue weighted by Crippen LogP contribution is -2.15. The van der Waals surface area contributed by atoms with Gasteiger partial charge in [0, 0.05) is 19.3 Å². The molecule has 3 aromatic rings. The number of aryl methyl sites for hydroxylation is 2. The van der Waals surface area contributed by atoms with E-state index in [1.807, 2.05) is 13.1 Å². The summed E-state index contributed by atoms with van der Waals surface area (Å²) in [5, 5.41) is 15.7. The number of hydrogen-bond acceptors (Lipinski definition) is 7. The second kappa shape index (κ2) is 12.9.